The Labute approximate surface area is 121 Å². The summed E-state index contributed by atoms with van der Waals surface area (Å²) in [4.78, 5) is 2.58. The molecule has 1 heterocycles. The summed E-state index contributed by atoms with van der Waals surface area (Å²) >= 11 is 0. The first-order chi connectivity index (χ1) is 9.69. The van der Waals surface area contributed by atoms with E-state index in [1.807, 2.05) is 0 Å². The Bertz CT molecular complexity index is 593. The fraction of sp³-hybridized carbons (Fsp3) is 0.444. The molecule has 2 heteroatoms. The van der Waals surface area contributed by atoms with Crippen molar-refractivity contribution in [1.82, 2.24) is 4.90 Å². The van der Waals surface area contributed by atoms with Gasteiger partial charge in [-0.05, 0) is 41.7 Å². The SMILES string of the molecule is CC1CC(C)N(C(CN)c2ccc3ccccc3c2)C1. The van der Waals surface area contributed by atoms with E-state index < -0.39 is 0 Å². The Hall–Kier alpha value is -1.38. The lowest BCUT2D eigenvalue weighted by Gasteiger charge is -2.31. The largest absolute Gasteiger partial charge is 0.329 e. The van der Waals surface area contributed by atoms with Crippen LogP contribution >= 0.6 is 0 Å². The molecule has 2 aromatic carbocycles. The average molecular weight is 268 g/mol. The molecule has 2 N–H and O–H groups in total. The molecule has 106 valence electrons. The number of benzene rings is 2. The zero-order valence-electron chi connectivity index (χ0n) is 12.4. The third kappa shape index (κ3) is 2.46. The molecular weight excluding hydrogens is 244 g/mol. The number of fused-ring (bicyclic) bond motifs is 1. The third-order valence-corrected chi connectivity index (χ3v) is 4.61. The molecule has 20 heavy (non-hydrogen) atoms. The van der Waals surface area contributed by atoms with Crippen LogP contribution in [-0.2, 0) is 0 Å². The molecule has 0 bridgehead atoms. The van der Waals surface area contributed by atoms with Crippen molar-refractivity contribution in [3.63, 3.8) is 0 Å². The molecule has 0 aliphatic carbocycles. The number of nitrogens with two attached hydrogens (primary N) is 1. The van der Waals surface area contributed by atoms with Crippen LogP contribution in [0.15, 0.2) is 42.5 Å². The Morgan fingerprint density at radius 2 is 1.90 bits per heavy atom. The van der Waals surface area contributed by atoms with E-state index in [1.165, 1.54) is 22.8 Å². The molecule has 3 unspecified atom stereocenters. The lowest BCUT2D eigenvalue weighted by molar-refractivity contribution is 0.192. The Morgan fingerprint density at radius 1 is 1.15 bits per heavy atom. The minimum absolute atomic E-state index is 0.347. The molecule has 0 amide bonds. The summed E-state index contributed by atoms with van der Waals surface area (Å²) in [5, 5.41) is 2.61. The Kier molecular flexibility index (Phi) is 3.77. The van der Waals surface area contributed by atoms with Crippen LogP contribution in [0, 0.1) is 5.92 Å². The second kappa shape index (κ2) is 5.55. The van der Waals surface area contributed by atoms with Crippen molar-refractivity contribution >= 4 is 10.8 Å². The molecule has 0 saturated carbocycles. The van der Waals surface area contributed by atoms with Gasteiger partial charge in [-0.2, -0.15) is 0 Å². The Balaban J connectivity index is 1.94. The van der Waals surface area contributed by atoms with Gasteiger partial charge in [-0.25, -0.2) is 0 Å². The summed E-state index contributed by atoms with van der Waals surface area (Å²) in [5.74, 6) is 0.777. The van der Waals surface area contributed by atoms with Crippen molar-refractivity contribution in [2.24, 2.45) is 11.7 Å². The van der Waals surface area contributed by atoms with Crippen molar-refractivity contribution in [2.45, 2.75) is 32.4 Å². The van der Waals surface area contributed by atoms with Gasteiger partial charge >= 0.3 is 0 Å². The normalized spacial score (nSPS) is 25.1. The number of hydrogen-bond donors (Lipinski definition) is 1. The quantitative estimate of drug-likeness (QED) is 0.922. The van der Waals surface area contributed by atoms with E-state index in [0.717, 1.165) is 12.5 Å². The highest BCUT2D eigenvalue weighted by molar-refractivity contribution is 5.83. The van der Waals surface area contributed by atoms with E-state index in [4.69, 9.17) is 5.73 Å². The topological polar surface area (TPSA) is 29.3 Å². The molecule has 1 aliphatic heterocycles. The second-order valence-electron chi connectivity index (χ2n) is 6.24. The Morgan fingerprint density at radius 3 is 2.55 bits per heavy atom. The first-order valence-electron chi connectivity index (χ1n) is 7.63. The standard InChI is InChI=1S/C18H24N2/c1-13-9-14(2)20(12-13)18(11-19)17-8-7-15-5-3-4-6-16(15)10-17/h3-8,10,13-14,18H,9,11-12,19H2,1-2H3. The van der Waals surface area contributed by atoms with E-state index >= 15 is 0 Å². The van der Waals surface area contributed by atoms with Crippen molar-refractivity contribution in [2.75, 3.05) is 13.1 Å². The van der Waals surface area contributed by atoms with E-state index in [-0.39, 0.29) is 0 Å². The molecule has 2 aromatic rings. The number of likely N-dealkylation sites (tertiary alicyclic amines) is 1. The summed E-state index contributed by atoms with van der Waals surface area (Å²) < 4.78 is 0. The van der Waals surface area contributed by atoms with Crippen LogP contribution in [0.3, 0.4) is 0 Å². The highest BCUT2D eigenvalue weighted by atomic mass is 15.2. The van der Waals surface area contributed by atoms with Crippen LogP contribution in [0.4, 0.5) is 0 Å². The van der Waals surface area contributed by atoms with E-state index in [0.29, 0.717) is 18.6 Å². The summed E-state index contributed by atoms with van der Waals surface area (Å²) in [5.41, 5.74) is 7.45. The molecule has 0 aromatic heterocycles. The van der Waals surface area contributed by atoms with E-state index in [9.17, 15) is 0 Å². The highest BCUT2D eigenvalue weighted by Gasteiger charge is 2.31. The number of hydrogen-bond acceptors (Lipinski definition) is 2. The predicted molar refractivity (Wildman–Crippen MR) is 85.7 cm³/mol. The van der Waals surface area contributed by atoms with Crippen LogP contribution in [0.1, 0.15) is 31.9 Å². The molecule has 2 nitrogen and oxygen atoms in total. The molecule has 1 aliphatic rings. The number of nitrogens with zero attached hydrogens (tertiary/aromatic N) is 1. The van der Waals surface area contributed by atoms with Gasteiger partial charge in [0, 0.05) is 25.2 Å². The van der Waals surface area contributed by atoms with Crippen LogP contribution < -0.4 is 5.73 Å². The average Bonchev–Trinajstić information content (AvgIpc) is 2.78. The summed E-state index contributed by atoms with van der Waals surface area (Å²) in [6.07, 6.45) is 1.28. The van der Waals surface area contributed by atoms with Gasteiger partial charge in [0.1, 0.15) is 0 Å². The van der Waals surface area contributed by atoms with Crippen LogP contribution in [0.5, 0.6) is 0 Å². The van der Waals surface area contributed by atoms with Gasteiger partial charge in [-0.3, -0.25) is 4.90 Å². The zero-order valence-corrected chi connectivity index (χ0v) is 12.4. The van der Waals surface area contributed by atoms with E-state index in [2.05, 4.69) is 61.2 Å². The van der Waals surface area contributed by atoms with Gasteiger partial charge in [-0.15, -0.1) is 0 Å². The first kappa shape index (κ1) is 13.6. The zero-order chi connectivity index (χ0) is 14.1. The molecule has 0 spiro atoms. The third-order valence-electron chi connectivity index (χ3n) is 4.61. The maximum atomic E-state index is 6.09. The minimum atomic E-state index is 0.347. The molecular formula is C18H24N2. The second-order valence-corrected chi connectivity index (χ2v) is 6.24. The van der Waals surface area contributed by atoms with Gasteiger partial charge in [0.2, 0.25) is 0 Å². The fourth-order valence-electron chi connectivity index (χ4n) is 3.64. The molecule has 3 rings (SSSR count). The monoisotopic (exact) mass is 268 g/mol. The first-order valence-corrected chi connectivity index (χ1v) is 7.63. The van der Waals surface area contributed by atoms with Crippen molar-refractivity contribution in [1.29, 1.82) is 0 Å². The highest BCUT2D eigenvalue weighted by Crippen LogP contribution is 2.32. The van der Waals surface area contributed by atoms with Crippen molar-refractivity contribution in [3.05, 3.63) is 48.0 Å². The lowest BCUT2D eigenvalue weighted by atomic mass is 10.0. The predicted octanol–water partition coefficient (Wildman–Crippen LogP) is 3.57. The summed E-state index contributed by atoms with van der Waals surface area (Å²) in [6.45, 7) is 6.52. The molecule has 1 saturated heterocycles. The lowest BCUT2D eigenvalue weighted by Crippen LogP contribution is -2.36. The number of rotatable bonds is 3. The van der Waals surface area contributed by atoms with Crippen LogP contribution in [-0.4, -0.2) is 24.0 Å². The van der Waals surface area contributed by atoms with Gasteiger partial charge in [0.15, 0.2) is 0 Å². The van der Waals surface area contributed by atoms with E-state index in [1.54, 1.807) is 0 Å². The van der Waals surface area contributed by atoms with Gasteiger partial charge in [-0.1, -0.05) is 43.3 Å². The van der Waals surface area contributed by atoms with Gasteiger partial charge < -0.3 is 5.73 Å². The minimum Gasteiger partial charge on any atom is -0.329 e. The van der Waals surface area contributed by atoms with Crippen LogP contribution in [0.25, 0.3) is 10.8 Å². The van der Waals surface area contributed by atoms with Gasteiger partial charge in [0.05, 0.1) is 0 Å². The fourth-order valence-corrected chi connectivity index (χ4v) is 3.64. The molecule has 0 radical (unpaired) electrons. The van der Waals surface area contributed by atoms with Crippen molar-refractivity contribution < 1.29 is 0 Å². The maximum Gasteiger partial charge on any atom is 0.0473 e. The summed E-state index contributed by atoms with van der Waals surface area (Å²) in [6, 6.07) is 16.3. The van der Waals surface area contributed by atoms with Crippen LogP contribution in [0.2, 0.25) is 0 Å². The molecule has 3 atom stereocenters. The summed E-state index contributed by atoms with van der Waals surface area (Å²) in [7, 11) is 0. The molecule has 1 fully saturated rings. The smallest absolute Gasteiger partial charge is 0.0473 e. The van der Waals surface area contributed by atoms with Gasteiger partial charge in [0.25, 0.3) is 0 Å². The van der Waals surface area contributed by atoms with Crippen molar-refractivity contribution in [3.8, 4) is 0 Å². The maximum absolute atomic E-state index is 6.09.